The van der Waals surface area contributed by atoms with Crippen LogP contribution in [-0.2, 0) is 9.59 Å². The van der Waals surface area contributed by atoms with Gasteiger partial charge in [-0.1, -0.05) is 11.8 Å². The van der Waals surface area contributed by atoms with E-state index in [1.54, 1.807) is 0 Å². The molecule has 23 heavy (non-hydrogen) atoms. The van der Waals surface area contributed by atoms with E-state index in [1.165, 1.54) is 36.2 Å². The van der Waals surface area contributed by atoms with Crippen LogP contribution in [0.25, 0.3) is 0 Å². The van der Waals surface area contributed by atoms with E-state index < -0.39 is 16.8 Å². The number of hydrogen-bond donors (Lipinski definition) is 1. The molecule has 124 valence electrons. The number of hydrogen-bond acceptors (Lipinski definition) is 5. The number of ether oxygens (including phenoxy) is 1. The largest absolute Gasteiger partial charge is 0.487 e. The summed E-state index contributed by atoms with van der Waals surface area (Å²) in [6.45, 7) is 0. The van der Waals surface area contributed by atoms with Crippen molar-refractivity contribution >= 4 is 46.1 Å². The third kappa shape index (κ3) is 4.80. The highest BCUT2D eigenvalue weighted by Crippen LogP contribution is 2.30. The number of aliphatic carboxylic acids is 1. The molecule has 1 heterocycles. The number of amidine groups is 1. The van der Waals surface area contributed by atoms with Crippen molar-refractivity contribution in [3.05, 3.63) is 24.3 Å². The van der Waals surface area contributed by atoms with Gasteiger partial charge in [0.05, 0.1) is 12.1 Å². The first kappa shape index (κ1) is 17.5. The summed E-state index contributed by atoms with van der Waals surface area (Å²) >= 11 is 5.60. The second-order valence-electron chi connectivity index (χ2n) is 4.54. The van der Waals surface area contributed by atoms with Crippen LogP contribution in [0, 0.1) is 0 Å². The van der Waals surface area contributed by atoms with E-state index in [9.17, 15) is 18.4 Å². The van der Waals surface area contributed by atoms with Crippen LogP contribution in [0.4, 0.5) is 14.5 Å². The monoisotopic (exact) mass is 364 g/mol. The number of halogens is 3. The van der Waals surface area contributed by atoms with Crippen LogP contribution in [0.3, 0.4) is 0 Å². The van der Waals surface area contributed by atoms with Crippen molar-refractivity contribution in [1.29, 1.82) is 0 Å². The molecule has 1 amide bonds. The maximum atomic E-state index is 12.5. The number of benzene rings is 1. The molecule has 0 unspecified atom stereocenters. The molecule has 0 aliphatic carbocycles. The fourth-order valence-electron chi connectivity index (χ4n) is 1.72. The van der Waals surface area contributed by atoms with Crippen LogP contribution in [0.2, 0.25) is 0 Å². The Labute approximate surface area is 139 Å². The number of rotatable bonds is 4. The molecule has 0 radical (unpaired) electrons. The topological polar surface area (TPSA) is 79.2 Å². The predicted molar refractivity (Wildman–Crippen MR) is 81.4 cm³/mol. The van der Waals surface area contributed by atoms with Crippen molar-refractivity contribution in [2.75, 3.05) is 7.05 Å². The molecule has 6 nitrogen and oxygen atoms in total. The zero-order valence-electron chi connectivity index (χ0n) is 11.7. The number of carboxylic acids is 1. The molecule has 1 aliphatic rings. The van der Waals surface area contributed by atoms with Gasteiger partial charge in [0.15, 0.2) is 5.17 Å². The normalized spacial score (nSPS) is 20.7. The molecule has 1 saturated heterocycles. The van der Waals surface area contributed by atoms with E-state index in [1.807, 2.05) is 0 Å². The lowest BCUT2D eigenvalue weighted by molar-refractivity contribution is -0.139. The Morgan fingerprint density at radius 1 is 1.48 bits per heavy atom. The summed E-state index contributed by atoms with van der Waals surface area (Å²) in [5, 5.41) is 8.33. The van der Waals surface area contributed by atoms with Gasteiger partial charge in [0.2, 0.25) is 5.91 Å². The van der Waals surface area contributed by atoms with Crippen molar-refractivity contribution in [3.63, 3.8) is 0 Å². The quantitative estimate of drug-likeness (QED) is 0.831. The van der Waals surface area contributed by atoms with Crippen LogP contribution in [0.1, 0.15) is 6.42 Å². The van der Waals surface area contributed by atoms with Crippen molar-refractivity contribution in [3.8, 4) is 5.75 Å². The van der Waals surface area contributed by atoms with Crippen LogP contribution in [-0.4, -0.2) is 44.9 Å². The Morgan fingerprint density at radius 2 is 2.09 bits per heavy atom. The molecule has 1 atom stereocenters. The zero-order chi connectivity index (χ0) is 17.2. The number of carbonyl (C=O) groups excluding carboxylic acids is 1. The smallest absolute Gasteiger partial charge is 0.480 e. The zero-order valence-corrected chi connectivity index (χ0v) is 13.3. The molecule has 1 aromatic carbocycles. The average molecular weight is 365 g/mol. The molecular weight excluding hydrogens is 354 g/mol. The number of carboxylic acid groups (broad SMARTS) is 1. The van der Waals surface area contributed by atoms with Crippen LogP contribution in [0.5, 0.6) is 5.75 Å². The summed E-state index contributed by atoms with van der Waals surface area (Å²) < 4.78 is 29.2. The van der Waals surface area contributed by atoms with Gasteiger partial charge in [-0.3, -0.25) is 14.5 Å². The molecule has 0 saturated carbocycles. The van der Waals surface area contributed by atoms with Gasteiger partial charge in [-0.25, -0.2) is 4.99 Å². The Kier molecular flexibility index (Phi) is 5.10. The van der Waals surface area contributed by atoms with Crippen molar-refractivity contribution in [2.45, 2.75) is 17.2 Å². The third-order valence-corrected chi connectivity index (χ3v) is 4.15. The fourth-order valence-corrected chi connectivity index (χ4v) is 2.81. The summed E-state index contributed by atoms with van der Waals surface area (Å²) in [7, 11) is 1.48. The summed E-state index contributed by atoms with van der Waals surface area (Å²) in [5.74, 6) is -1.62. The van der Waals surface area contributed by atoms with Gasteiger partial charge in [0.1, 0.15) is 11.0 Å². The summed E-state index contributed by atoms with van der Waals surface area (Å²) in [6.07, 6.45) is -0.118. The van der Waals surface area contributed by atoms with Gasteiger partial charge >= 0.3 is 11.5 Å². The van der Waals surface area contributed by atoms with Crippen LogP contribution >= 0.6 is 23.4 Å². The van der Waals surface area contributed by atoms with Gasteiger partial charge in [-0.2, -0.15) is 0 Å². The number of nitrogens with zero attached hydrogens (tertiary/aromatic N) is 2. The number of carbonyl (C=O) groups is 2. The molecule has 10 heteroatoms. The van der Waals surface area contributed by atoms with Crippen LogP contribution < -0.4 is 4.74 Å². The third-order valence-electron chi connectivity index (χ3n) is 2.84. The Morgan fingerprint density at radius 3 is 2.61 bits per heavy atom. The maximum absolute atomic E-state index is 12.5. The van der Waals surface area contributed by atoms with E-state index >= 15 is 0 Å². The summed E-state index contributed by atoms with van der Waals surface area (Å²) in [5.41, 5.74) is -3.46. The Hall–Kier alpha value is -1.87. The minimum atomic E-state index is -3.81. The summed E-state index contributed by atoms with van der Waals surface area (Å²) in [6, 6.07) is 5.24. The van der Waals surface area contributed by atoms with Crippen LogP contribution in [0.15, 0.2) is 29.3 Å². The van der Waals surface area contributed by atoms with E-state index in [4.69, 9.17) is 5.11 Å². The molecule has 1 N–H and O–H groups in total. The van der Waals surface area contributed by atoms with Crippen molar-refractivity contribution in [1.82, 2.24) is 4.90 Å². The highest BCUT2D eigenvalue weighted by atomic mass is 35.5. The number of amides is 1. The lowest BCUT2D eigenvalue weighted by Crippen LogP contribution is -2.41. The first-order valence-electron chi connectivity index (χ1n) is 6.26. The second-order valence-corrected chi connectivity index (χ2v) is 6.15. The van der Waals surface area contributed by atoms with E-state index in [-0.39, 0.29) is 23.2 Å². The Bertz CT molecular complexity index is 648. The highest BCUT2D eigenvalue weighted by Gasteiger charge is 2.33. The standard InChI is InChI=1S/C13H11ClF2N2O4S/c1-18-10(19)6-9(11(20)21)23-12(18)17-7-2-4-8(5-3-7)22-13(14,15)16/h2-5,9H,6H2,1H3,(H,20,21)/t9-/m0/s1. The van der Waals surface area contributed by atoms with E-state index in [0.717, 1.165) is 11.8 Å². The molecule has 1 aromatic rings. The Balaban J connectivity index is 2.19. The highest BCUT2D eigenvalue weighted by molar-refractivity contribution is 8.15. The van der Waals surface area contributed by atoms with Gasteiger partial charge in [0, 0.05) is 18.6 Å². The minimum absolute atomic E-state index is 0.118. The number of aliphatic imine (C=N–C) groups is 1. The maximum Gasteiger partial charge on any atom is 0.487 e. The van der Waals surface area contributed by atoms with E-state index in [2.05, 4.69) is 21.3 Å². The van der Waals surface area contributed by atoms with E-state index in [0.29, 0.717) is 5.69 Å². The minimum Gasteiger partial charge on any atom is -0.480 e. The van der Waals surface area contributed by atoms with Crippen molar-refractivity contribution in [2.24, 2.45) is 4.99 Å². The van der Waals surface area contributed by atoms with Gasteiger partial charge in [-0.15, -0.1) is 8.78 Å². The van der Waals surface area contributed by atoms with Crippen molar-refractivity contribution < 1.29 is 28.2 Å². The molecular formula is C13H11ClF2N2O4S. The summed E-state index contributed by atoms with van der Waals surface area (Å²) in [4.78, 5) is 28.2. The first-order chi connectivity index (χ1) is 10.7. The predicted octanol–water partition coefficient (Wildman–Crippen LogP) is 2.89. The molecule has 0 bridgehead atoms. The fraction of sp³-hybridized carbons (Fsp3) is 0.308. The number of alkyl halides is 3. The van der Waals surface area contributed by atoms with Gasteiger partial charge in [0.25, 0.3) is 0 Å². The molecule has 1 aliphatic heterocycles. The van der Waals surface area contributed by atoms with Gasteiger partial charge in [-0.05, 0) is 24.3 Å². The molecule has 0 spiro atoms. The SMILES string of the molecule is CN1C(=O)C[C@@H](C(=O)O)SC1=Nc1ccc(OC(F)(F)Cl)cc1. The lowest BCUT2D eigenvalue weighted by Gasteiger charge is -2.27. The number of thioether (sulfide) groups is 1. The molecule has 1 fully saturated rings. The second kappa shape index (κ2) is 6.71. The first-order valence-corrected chi connectivity index (χ1v) is 7.52. The van der Waals surface area contributed by atoms with Gasteiger partial charge < -0.3 is 9.84 Å². The molecule has 2 rings (SSSR count). The molecule has 0 aromatic heterocycles. The average Bonchev–Trinajstić information content (AvgIpc) is 2.44. The lowest BCUT2D eigenvalue weighted by atomic mass is 10.3.